The van der Waals surface area contributed by atoms with Gasteiger partial charge in [-0.2, -0.15) is 0 Å². The Balaban J connectivity index is 1.19. The van der Waals surface area contributed by atoms with Crippen molar-refractivity contribution in [1.82, 2.24) is 39.0 Å². The minimum Gasteiger partial charge on any atom is -0.387 e. The first kappa shape index (κ1) is 25.6. The average Bonchev–Trinajstić information content (AvgIpc) is 3.67. The minimum atomic E-state index is -4.80. The molecule has 0 amide bonds. The maximum atomic E-state index is 16.0. The summed E-state index contributed by atoms with van der Waals surface area (Å²) >= 11 is 0. The zero-order valence-corrected chi connectivity index (χ0v) is 21.4. The summed E-state index contributed by atoms with van der Waals surface area (Å²) in [5.74, 6) is -0.544. The van der Waals surface area contributed by atoms with Gasteiger partial charge in [0.2, 0.25) is 0 Å². The molecule has 3 saturated heterocycles. The summed E-state index contributed by atoms with van der Waals surface area (Å²) in [6.45, 7) is -0.449. The van der Waals surface area contributed by atoms with E-state index in [0.717, 1.165) is 0 Å². The van der Waals surface area contributed by atoms with Crippen molar-refractivity contribution in [3.05, 3.63) is 25.3 Å². The van der Waals surface area contributed by atoms with Gasteiger partial charge in [0.1, 0.15) is 35.9 Å². The van der Waals surface area contributed by atoms with E-state index in [0.29, 0.717) is 0 Å². The van der Waals surface area contributed by atoms with Gasteiger partial charge < -0.3 is 30.9 Å². The van der Waals surface area contributed by atoms with Crippen LogP contribution >= 0.6 is 7.82 Å². The highest BCUT2D eigenvalue weighted by Gasteiger charge is 2.53. The van der Waals surface area contributed by atoms with Crippen molar-refractivity contribution in [2.24, 2.45) is 5.92 Å². The Kier molecular flexibility index (Phi) is 5.97. The van der Waals surface area contributed by atoms with Crippen molar-refractivity contribution in [3.8, 4) is 0 Å². The second-order valence-electron chi connectivity index (χ2n) is 9.81. The Morgan fingerprint density at radius 3 is 2.15 bits per heavy atom. The zero-order valence-electron chi connectivity index (χ0n) is 20.5. The zero-order chi connectivity index (χ0) is 27.8. The van der Waals surface area contributed by atoms with Crippen molar-refractivity contribution >= 4 is 41.8 Å². The van der Waals surface area contributed by atoms with Gasteiger partial charge in [-0.3, -0.25) is 18.2 Å². The number of hydrogen-bond acceptors (Lipinski definition) is 14. The lowest BCUT2D eigenvalue weighted by Gasteiger charge is -2.25. The van der Waals surface area contributed by atoms with Gasteiger partial charge in [0, 0.05) is 5.92 Å². The fourth-order valence-corrected chi connectivity index (χ4v) is 6.55. The van der Waals surface area contributed by atoms with Crippen LogP contribution in [0.25, 0.3) is 22.3 Å². The van der Waals surface area contributed by atoms with Crippen LogP contribution in [0.15, 0.2) is 25.3 Å². The van der Waals surface area contributed by atoms with Gasteiger partial charge in [-0.05, 0) is 12.8 Å². The largest absolute Gasteiger partial charge is 0.472 e. The molecular weight excluding hydrogens is 554 g/mol. The molecule has 3 aliphatic rings. The number of nitrogen functional groups attached to an aromatic ring is 2. The van der Waals surface area contributed by atoms with Crippen LogP contribution in [0.2, 0.25) is 0 Å². The maximum absolute atomic E-state index is 16.0. The molecule has 4 aromatic rings. The number of hydrogen-bond donors (Lipinski definition) is 4. The maximum Gasteiger partial charge on any atom is 0.472 e. The number of anilines is 2. The number of fused-ring (bicyclic) bond motifs is 5. The van der Waals surface area contributed by atoms with Crippen LogP contribution in [0.5, 0.6) is 0 Å². The third-order valence-electron chi connectivity index (χ3n) is 7.55. The van der Waals surface area contributed by atoms with E-state index in [1.54, 1.807) is 0 Å². The SMILES string of the molecule is Nc1ncnc2c1ncn2C1OC2COP(=O)(O)OC3C(O)C(CCC2C1F)OC3n1cnc2c(N)ncnc21. The highest BCUT2D eigenvalue weighted by atomic mass is 31.2. The summed E-state index contributed by atoms with van der Waals surface area (Å²) < 4.78 is 54.6. The molecule has 40 heavy (non-hydrogen) atoms. The third-order valence-corrected chi connectivity index (χ3v) is 8.54. The van der Waals surface area contributed by atoms with E-state index in [-0.39, 0.29) is 46.8 Å². The van der Waals surface area contributed by atoms with Crippen LogP contribution < -0.4 is 11.5 Å². The van der Waals surface area contributed by atoms with Gasteiger partial charge in [-0.25, -0.2) is 38.9 Å². The van der Waals surface area contributed by atoms with E-state index in [1.165, 1.54) is 34.4 Å². The molecule has 9 atom stereocenters. The number of halogens is 1. The molecule has 4 aromatic heterocycles. The van der Waals surface area contributed by atoms with Crippen LogP contribution in [0.3, 0.4) is 0 Å². The summed E-state index contributed by atoms with van der Waals surface area (Å²) in [5, 5.41) is 11.1. The number of phosphoric ester groups is 1. The number of aromatic nitrogens is 8. The van der Waals surface area contributed by atoms with Crippen molar-refractivity contribution in [1.29, 1.82) is 0 Å². The van der Waals surface area contributed by atoms with E-state index in [2.05, 4.69) is 29.9 Å². The predicted molar refractivity (Wildman–Crippen MR) is 132 cm³/mol. The first-order valence-electron chi connectivity index (χ1n) is 12.4. The second-order valence-corrected chi connectivity index (χ2v) is 11.2. The van der Waals surface area contributed by atoms with E-state index < -0.39 is 63.4 Å². The Morgan fingerprint density at radius 2 is 1.50 bits per heavy atom. The lowest BCUT2D eigenvalue weighted by atomic mass is 9.91. The minimum absolute atomic E-state index is 0.123. The number of nitrogens with two attached hydrogens (primary N) is 2. The van der Waals surface area contributed by atoms with E-state index in [9.17, 15) is 14.6 Å². The molecule has 0 aromatic carbocycles. The summed E-state index contributed by atoms with van der Waals surface area (Å²) in [5.41, 5.74) is 12.9. The molecule has 2 bridgehead atoms. The van der Waals surface area contributed by atoms with Gasteiger partial charge in [0.15, 0.2) is 41.6 Å². The van der Waals surface area contributed by atoms with Crippen LogP contribution in [-0.4, -0.2) is 86.2 Å². The molecule has 9 unspecified atom stereocenters. The number of nitrogens with zero attached hydrogens (tertiary/aromatic N) is 8. The number of aliphatic hydroxyl groups is 1. The fraction of sp³-hybridized carbons (Fsp3) is 0.524. The van der Waals surface area contributed by atoms with Gasteiger partial charge in [-0.15, -0.1) is 0 Å². The molecule has 0 radical (unpaired) electrons. The molecule has 7 rings (SSSR count). The Hall–Kier alpha value is -3.38. The molecule has 6 N–H and O–H groups in total. The monoisotopic (exact) mass is 578 g/mol. The number of alkyl halides is 1. The number of phosphoric acid groups is 1. The first-order chi connectivity index (χ1) is 19.2. The van der Waals surface area contributed by atoms with E-state index >= 15 is 4.39 Å². The summed E-state index contributed by atoms with van der Waals surface area (Å²) in [7, 11) is -4.80. The van der Waals surface area contributed by atoms with Crippen molar-refractivity contribution in [2.75, 3.05) is 18.1 Å². The first-order valence-corrected chi connectivity index (χ1v) is 13.9. The van der Waals surface area contributed by atoms with Crippen LogP contribution in [-0.2, 0) is 23.1 Å². The fourth-order valence-electron chi connectivity index (χ4n) is 5.61. The molecule has 19 heteroatoms. The number of rotatable bonds is 2. The smallest absolute Gasteiger partial charge is 0.387 e. The van der Waals surface area contributed by atoms with Crippen LogP contribution in [0, 0.1) is 5.92 Å². The molecule has 3 fully saturated rings. The average molecular weight is 578 g/mol. The molecule has 0 aliphatic carbocycles. The normalized spacial score (nSPS) is 36.6. The molecule has 3 aliphatic heterocycles. The Labute approximate surface area is 223 Å². The number of aliphatic hydroxyl groups excluding tert-OH is 1. The van der Waals surface area contributed by atoms with Crippen LogP contribution in [0.4, 0.5) is 16.0 Å². The molecule has 212 valence electrons. The Bertz CT molecular complexity index is 1640. The van der Waals surface area contributed by atoms with Gasteiger partial charge in [0.25, 0.3) is 0 Å². The topological polar surface area (TPSA) is 234 Å². The number of ether oxygens (including phenoxy) is 2. The number of imidazole rings is 2. The summed E-state index contributed by atoms with van der Waals surface area (Å²) in [4.78, 5) is 35.1. The van der Waals surface area contributed by atoms with Gasteiger partial charge in [-0.1, -0.05) is 0 Å². The standard InChI is InChI=1S/C21H24FN10O7P/c22-11-8-1-2-9-14(33)15(21(37-9)32-7-30-13-17(24)26-5-28-19(13)32)39-40(34,35)36-3-10(8)38-20(11)31-6-29-12-16(23)25-4-27-18(12)31/h4-11,14-15,20-21,33H,1-3H2,(H,34,35)(H2,23,25,27)(H2,24,26,28). The van der Waals surface area contributed by atoms with Crippen molar-refractivity contribution in [3.63, 3.8) is 0 Å². The predicted octanol–water partition coefficient (Wildman–Crippen LogP) is 0.237. The highest BCUT2D eigenvalue weighted by Crippen LogP contribution is 2.52. The summed E-state index contributed by atoms with van der Waals surface area (Å²) in [6, 6.07) is 0. The molecule has 0 saturated carbocycles. The second kappa shape index (κ2) is 9.34. The molecule has 0 spiro atoms. The van der Waals surface area contributed by atoms with E-state index in [1.807, 2.05) is 0 Å². The highest BCUT2D eigenvalue weighted by molar-refractivity contribution is 7.47. The molecule has 17 nitrogen and oxygen atoms in total. The molecular formula is C21H24FN10O7P. The lowest BCUT2D eigenvalue weighted by Crippen LogP contribution is -2.34. The quantitative estimate of drug-likeness (QED) is 0.233. The Morgan fingerprint density at radius 1 is 0.900 bits per heavy atom. The van der Waals surface area contributed by atoms with Gasteiger partial charge >= 0.3 is 7.82 Å². The lowest BCUT2D eigenvalue weighted by molar-refractivity contribution is -0.0579. The van der Waals surface area contributed by atoms with E-state index in [4.69, 9.17) is 30.0 Å². The van der Waals surface area contributed by atoms with Crippen molar-refractivity contribution < 1.29 is 37.5 Å². The van der Waals surface area contributed by atoms with Crippen molar-refractivity contribution in [2.45, 2.75) is 55.9 Å². The van der Waals surface area contributed by atoms with Crippen LogP contribution in [0.1, 0.15) is 25.3 Å². The third kappa shape index (κ3) is 4.02. The van der Waals surface area contributed by atoms with Gasteiger partial charge in [0.05, 0.1) is 31.5 Å². The summed E-state index contributed by atoms with van der Waals surface area (Å²) in [6.07, 6.45) is -2.87. The molecule has 7 heterocycles.